The first-order chi connectivity index (χ1) is 9.63. The van der Waals surface area contributed by atoms with Gasteiger partial charge in [-0.05, 0) is 63.6 Å². The summed E-state index contributed by atoms with van der Waals surface area (Å²) in [5, 5.41) is 6.33. The van der Waals surface area contributed by atoms with Gasteiger partial charge in [0.15, 0.2) is 0 Å². The predicted molar refractivity (Wildman–Crippen MR) is 82.7 cm³/mol. The second-order valence-corrected chi connectivity index (χ2v) is 5.90. The van der Waals surface area contributed by atoms with Crippen molar-refractivity contribution in [1.82, 2.24) is 10.2 Å². The van der Waals surface area contributed by atoms with Gasteiger partial charge in [-0.15, -0.1) is 0 Å². The zero-order valence-electron chi connectivity index (χ0n) is 12.5. The van der Waals surface area contributed by atoms with E-state index in [1.165, 1.54) is 12.0 Å². The summed E-state index contributed by atoms with van der Waals surface area (Å²) in [6.45, 7) is 2.97. The van der Waals surface area contributed by atoms with Crippen LogP contribution >= 0.6 is 0 Å². The summed E-state index contributed by atoms with van der Waals surface area (Å²) >= 11 is 0. The lowest BCUT2D eigenvalue weighted by Gasteiger charge is -2.22. The van der Waals surface area contributed by atoms with E-state index in [2.05, 4.69) is 27.7 Å². The van der Waals surface area contributed by atoms with Crippen LogP contribution in [0.4, 0.5) is 5.69 Å². The second kappa shape index (κ2) is 7.41. The van der Waals surface area contributed by atoms with Crippen LogP contribution in [0.3, 0.4) is 0 Å². The molecule has 20 heavy (non-hydrogen) atoms. The number of benzene rings is 1. The third kappa shape index (κ3) is 4.94. The second-order valence-electron chi connectivity index (χ2n) is 5.90. The lowest BCUT2D eigenvalue weighted by Crippen LogP contribution is -2.32. The number of hydrogen-bond donors (Lipinski definition) is 2. The highest BCUT2D eigenvalue weighted by Gasteiger charge is 2.16. The molecule has 0 saturated carbocycles. The van der Waals surface area contributed by atoms with Crippen LogP contribution in [0.5, 0.6) is 0 Å². The number of nitrogens with zero attached hydrogens (tertiary/aromatic N) is 1. The Labute approximate surface area is 121 Å². The third-order valence-corrected chi connectivity index (χ3v) is 3.61. The Hall–Kier alpha value is -1.39. The number of nitrogens with one attached hydrogen (secondary N) is 2. The van der Waals surface area contributed by atoms with Crippen molar-refractivity contribution in [1.29, 1.82) is 0 Å². The van der Waals surface area contributed by atoms with Gasteiger partial charge in [-0.25, -0.2) is 0 Å². The number of carbonyl (C=O) groups excluding carboxylic acids is 1. The molecule has 1 aliphatic rings. The van der Waals surface area contributed by atoms with Gasteiger partial charge in [0, 0.05) is 18.7 Å². The van der Waals surface area contributed by atoms with E-state index in [0.29, 0.717) is 12.3 Å². The van der Waals surface area contributed by atoms with E-state index in [-0.39, 0.29) is 5.91 Å². The number of rotatable bonds is 5. The molecule has 1 saturated heterocycles. The van der Waals surface area contributed by atoms with E-state index in [9.17, 15) is 4.79 Å². The number of piperidine rings is 1. The Morgan fingerprint density at radius 2 is 2.10 bits per heavy atom. The van der Waals surface area contributed by atoms with Crippen molar-refractivity contribution < 1.29 is 4.79 Å². The SMILES string of the molecule is CN(C)Cc1ccc(NC(=O)CC2CCCNC2)cc1. The van der Waals surface area contributed by atoms with Gasteiger partial charge >= 0.3 is 0 Å². The van der Waals surface area contributed by atoms with Crippen molar-refractivity contribution in [2.45, 2.75) is 25.8 Å². The predicted octanol–water partition coefficient (Wildman–Crippen LogP) is 2.08. The molecule has 1 fully saturated rings. The lowest BCUT2D eigenvalue weighted by atomic mass is 9.96. The van der Waals surface area contributed by atoms with Crippen LogP contribution in [-0.2, 0) is 11.3 Å². The van der Waals surface area contributed by atoms with E-state index in [4.69, 9.17) is 0 Å². The summed E-state index contributed by atoms with van der Waals surface area (Å²) in [6.07, 6.45) is 2.95. The fourth-order valence-electron chi connectivity index (χ4n) is 2.63. The van der Waals surface area contributed by atoms with Gasteiger partial charge in [-0.1, -0.05) is 12.1 Å². The van der Waals surface area contributed by atoms with E-state index in [1.807, 2.05) is 26.2 Å². The normalized spacial score (nSPS) is 19.1. The van der Waals surface area contributed by atoms with Crippen LogP contribution in [0.25, 0.3) is 0 Å². The van der Waals surface area contributed by atoms with Crippen LogP contribution in [0.1, 0.15) is 24.8 Å². The summed E-state index contributed by atoms with van der Waals surface area (Å²) in [7, 11) is 4.10. The first-order valence-corrected chi connectivity index (χ1v) is 7.38. The van der Waals surface area contributed by atoms with Crippen molar-refractivity contribution >= 4 is 11.6 Å². The number of amides is 1. The molecule has 0 aliphatic carbocycles. The van der Waals surface area contributed by atoms with Crippen LogP contribution in [-0.4, -0.2) is 38.0 Å². The summed E-state index contributed by atoms with van der Waals surface area (Å²) in [5.41, 5.74) is 2.14. The highest BCUT2D eigenvalue weighted by molar-refractivity contribution is 5.90. The molecule has 1 atom stereocenters. The molecular formula is C16H25N3O. The van der Waals surface area contributed by atoms with E-state index in [0.717, 1.165) is 31.7 Å². The molecule has 4 heteroatoms. The minimum Gasteiger partial charge on any atom is -0.326 e. The molecule has 0 bridgehead atoms. The number of anilines is 1. The van der Waals surface area contributed by atoms with Gasteiger partial charge in [0.25, 0.3) is 0 Å². The fourth-order valence-corrected chi connectivity index (χ4v) is 2.63. The van der Waals surface area contributed by atoms with Crippen molar-refractivity contribution in [3.8, 4) is 0 Å². The lowest BCUT2D eigenvalue weighted by molar-refractivity contribution is -0.117. The van der Waals surface area contributed by atoms with Crippen LogP contribution in [0.15, 0.2) is 24.3 Å². The molecule has 1 aromatic carbocycles. The van der Waals surface area contributed by atoms with Crippen molar-refractivity contribution in [3.05, 3.63) is 29.8 Å². The maximum atomic E-state index is 12.0. The standard InChI is InChI=1S/C16H25N3O/c1-19(2)12-13-5-7-15(8-6-13)18-16(20)10-14-4-3-9-17-11-14/h5-8,14,17H,3-4,9-12H2,1-2H3,(H,18,20). The summed E-state index contributed by atoms with van der Waals surface area (Å²) in [6, 6.07) is 8.10. The zero-order chi connectivity index (χ0) is 14.4. The molecule has 0 aromatic heterocycles. The van der Waals surface area contributed by atoms with Crippen molar-refractivity contribution in [2.24, 2.45) is 5.92 Å². The molecule has 1 aliphatic heterocycles. The maximum absolute atomic E-state index is 12.0. The first kappa shape index (κ1) is 15.0. The quantitative estimate of drug-likeness (QED) is 0.864. The third-order valence-electron chi connectivity index (χ3n) is 3.61. The summed E-state index contributed by atoms with van der Waals surface area (Å²) in [5.74, 6) is 0.607. The molecular weight excluding hydrogens is 250 g/mol. The smallest absolute Gasteiger partial charge is 0.224 e. The maximum Gasteiger partial charge on any atom is 0.224 e. The Bertz CT molecular complexity index is 422. The molecule has 1 aromatic rings. The fraction of sp³-hybridized carbons (Fsp3) is 0.562. The van der Waals surface area contributed by atoms with Crippen LogP contribution < -0.4 is 10.6 Å². The molecule has 4 nitrogen and oxygen atoms in total. The number of hydrogen-bond acceptors (Lipinski definition) is 3. The van der Waals surface area contributed by atoms with Gasteiger partial charge in [-0.3, -0.25) is 4.79 Å². The van der Waals surface area contributed by atoms with E-state index >= 15 is 0 Å². The van der Waals surface area contributed by atoms with Crippen molar-refractivity contribution in [3.63, 3.8) is 0 Å². The minimum absolute atomic E-state index is 0.124. The van der Waals surface area contributed by atoms with Gasteiger partial charge < -0.3 is 15.5 Å². The largest absolute Gasteiger partial charge is 0.326 e. The van der Waals surface area contributed by atoms with Gasteiger partial charge in [0.05, 0.1) is 0 Å². The molecule has 0 spiro atoms. The molecule has 0 radical (unpaired) electrons. The Balaban J connectivity index is 1.81. The Morgan fingerprint density at radius 1 is 1.35 bits per heavy atom. The van der Waals surface area contributed by atoms with Gasteiger partial charge in [0.1, 0.15) is 0 Å². The molecule has 2 N–H and O–H groups in total. The number of carbonyl (C=O) groups is 1. The zero-order valence-corrected chi connectivity index (χ0v) is 12.5. The molecule has 2 rings (SSSR count). The van der Waals surface area contributed by atoms with Crippen LogP contribution in [0, 0.1) is 5.92 Å². The van der Waals surface area contributed by atoms with Crippen molar-refractivity contribution in [2.75, 3.05) is 32.5 Å². The molecule has 1 heterocycles. The average molecular weight is 275 g/mol. The van der Waals surface area contributed by atoms with Gasteiger partial charge in [-0.2, -0.15) is 0 Å². The highest BCUT2D eigenvalue weighted by Crippen LogP contribution is 2.16. The monoisotopic (exact) mass is 275 g/mol. The molecule has 1 amide bonds. The van der Waals surface area contributed by atoms with Gasteiger partial charge in [0.2, 0.25) is 5.91 Å². The van der Waals surface area contributed by atoms with E-state index < -0.39 is 0 Å². The van der Waals surface area contributed by atoms with Crippen LogP contribution in [0.2, 0.25) is 0 Å². The first-order valence-electron chi connectivity index (χ1n) is 7.38. The molecule has 110 valence electrons. The Kier molecular flexibility index (Phi) is 5.56. The van der Waals surface area contributed by atoms with E-state index in [1.54, 1.807) is 0 Å². The minimum atomic E-state index is 0.124. The average Bonchev–Trinajstić information content (AvgIpc) is 2.41. The molecule has 1 unspecified atom stereocenters. The highest BCUT2D eigenvalue weighted by atomic mass is 16.1. The summed E-state index contributed by atoms with van der Waals surface area (Å²) in [4.78, 5) is 14.1. The Morgan fingerprint density at radius 3 is 2.70 bits per heavy atom. The topological polar surface area (TPSA) is 44.4 Å². The summed E-state index contributed by atoms with van der Waals surface area (Å²) < 4.78 is 0.